The van der Waals surface area contributed by atoms with Gasteiger partial charge >= 0.3 is 0 Å². The van der Waals surface area contributed by atoms with Gasteiger partial charge in [-0.15, -0.1) is 0 Å². The molecule has 0 aromatic heterocycles. The van der Waals surface area contributed by atoms with Gasteiger partial charge in [-0.1, -0.05) is 24.1 Å². The first-order chi connectivity index (χ1) is 8.76. The van der Waals surface area contributed by atoms with Gasteiger partial charge in [-0.25, -0.2) is 0 Å². The topological polar surface area (TPSA) is 21.3 Å². The van der Waals surface area contributed by atoms with Crippen LogP contribution in [-0.2, 0) is 6.54 Å². The van der Waals surface area contributed by atoms with Gasteiger partial charge in [0.15, 0.2) is 0 Å². The van der Waals surface area contributed by atoms with Crippen LogP contribution in [0.25, 0.3) is 0 Å². The summed E-state index contributed by atoms with van der Waals surface area (Å²) in [4.78, 5) is 0. The van der Waals surface area contributed by atoms with Crippen LogP contribution < -0.4 is 10.1 Å². The molecule has 3 rings (SSSR count). The molecular formula is C15H20ClNO. The molecule has 0 amide bonds. The maximum absolute atomic E-state index is 6.14. The highest BCUT2D eigenvalue weighted by Crippen LogP contribution is 2.44. The number of fused-ring (bicyclic) bond motifs is 2. The van der Waals surface area contributed by atoms with Crippen LogP contribution in [0.3, 0.4) is 0 Å². The Morgan fingerprint density at radius 3 is 2.83 bits per heavy atom. The lowest BCUT2D eigenvalue weighted by Crippen LogP contribution is -2.33. The molecule has 0 saturated heterocycles. The summed E-state index contributed by atoms with van der Waals surface area (Å²) in [5.74, 6) is 2.66. The van der Waals surface area contributed by atoms with E-state index < -0.39 is 0 Å². The number of hydrogen-bond donors (Lipinski definition) is 1. The van der Waals surface area contributed by atoms with Crippen LogP contribution in [0.4, 0.5) is 0 Å². The van der Waals surface area contributed by atoms with E-state index in [-0.39, 0.29) is 0 Å². The molecule has 0 radical (unpaired) electrons. The van der Waals surface area contributed by atoms with Gasteiger partial charge in [0.25, 0.3) is 0 Å². The zero-order valence-electron chi connectivity index (χ0n) is 10.8. The number of methoxy groups -OCH3 is 1. The fourth-order valence-corrected chi connectivity index (χ4v) is 3.84. The predicted molar refractivity (Wildman–Crippen MR) is 74.1 cm³/mol. The average molecular weight is 266 g/mol. The lowest BCUT2D eigenvalue weighted by molar-refractivity contribution is 0.350. The number of benzene rings is 1. The number of hydrogen-bond acceptors (Lipinski definition) is 2. The van der Waals surface area contributed by atoms with Gasteiger partial charge in [0.1, 0.15) is 5.75 Å². The van der Waals surface area contributed by atoms with E-state index in [1.165, 1.54) is 31.2 Å². The van der Waals surface area contributed by atoms with E-state index >= 15 is 0 Å². The average Bonchev–Trinajstić information content (AvgIpc) is 2.98. The number of rotatable bonds is 4. The second-order valence-electron chi connectivity index (χ2n) is 5.63. The molecule has 0 aliphatic heterocycles. The molecule has 98 valence electrons. The third-order valence-electron chi connectivity index (χ3n) is 4.52. The highest BCUT2D eigenvalue weighted by Gasteiger charge is 2.38. The van der Waals surface area contributed by atoms with E-state index in [0.717, 1.165) is 30.2 Å². The standard InChI is InChI=1S/C15H20ClNO/c1-18-15-5-3-11(7-13(15)16)9-17-14-8-10-2-4-12(14)6-10/h3,5,7,10,12,14,17H,2,4,6,8-9H2,1H3. The smallest absolute Gasteiger partial charge is 0.137 e. The lowest BCUT2D eigenvalue weighted by Gasteiger charge is -2.23. The minimum absolute atomic E-state index is 0.699. The van der Waals surface area contributed by atoms with Gasteiger partial charge in [0.05, 0.1) is 12.1 Å². The molecule has 1 aromatic rings. The molecule has 0 heterocycles. The number of ether oxygens (including phenoxy) is 1. The number of halogens is 1. The van der Waals surface area contributed by atoms with E-state index in [2.05, 4.69) is 11.4 Å². The fourth-order valence-electron chi connectivity index (χ4n) is 3.56. The van der Waals surface area contributed by atoms with E-state index in [0.29, 0.717) is 5.02 Å². The summed E-state index contributed by atoms with van der Waals surface area (Å²) in [6.45, 7) is 0.914. The van der Waals surface area contributed by atoms with Crippen molar-refractivity contribution in [3.8, 4) is 5.75 Å². The second kappa shape index (κ2) is 5.10. The van der Waals surface area contributed by atoms with Crippen molar-refractivity contribution in [2.45, 2.75) is 38.3 Å². The fraction of sp³-hybridized carbons (Fsp3) is 0.600. The summed E-state index contributed by atoms with van der Waals surface area (Å²) in [6.07, 6.45) is 5.69. The first-order valence-electron chi connectivity index (χ1n) is 6.82. The van der Waals surface area contributed by atoms with Crippen molar-refractivity contribution in [1.82, 2.24) is 5.32 Å². The SMILES string of the molecule is COc1ccc(CNC2CC3CCC2C3)cc1Cl. The van der Waals surface area contributed by atoms with Crippen molar-refractivity contribution in [2.75, 3.05) is 7.11 Å². The first kappa shape index (κ1) is 12.3. The molecule has 3 atom stereocenters. The maximum Gasteiger partial charge on any atom is 0.137 e. The Labute approximate surface area is 114 Å². The van der Waals surface area contributed by atoms with Gasteiger partial charge < -0.3 is 10.1 Å². The molecule has 18 heavy (non-hydrogen) atoms. The van der Waals surface area contributed by atoms with Crippen LogP contribution in [0.2, 0.25) is 5.02 Å². The molecule has 3 heteroatoms. The number of nitrogens with one attached hydrogen (secondary N) is 1. The van der Waals surface area contributed by atoms with Crippen molar-refractivity contribution in [3.05, 3.63) is 28.8 Å². The van der Waals surface area contributed by atoms with E-state index in [9.17, 15) is 0 Å². The molecule has 2 nitrogen and oxygen atoms in total. The Balaban J connectivity index is 1.58. The molecule has 0 spiro atoms. The Hall–Kier alpha value is -0.730. The highest BCUT2D eigenvalue weighted by molar-refractivity contribution is 6.32. The van der Waals surface area contributed by atoms with Crippen molar-refractivity contribution < 1.29 is 4.74 Å². The van der Waals surface area contributed by atoms with Crippen molar-refractivity contribution in [3.63, 3.8) is 0 Å². The summed E-state index contributed by atoms with van der Waals surface area (Å²) >= 11 is 6.14. The minimum atomic E-state index is 0.699. The summed E-state index contributed by atoms with van der Waals surface area (Å²) in [6, 6.07) is 6.76. The summed E-state index contributed by atoms with van der Waals surface area (Å²) < 4.78 is 5.17. The summed E-state index contributed by atoms with van der Waals surface area (Å²) in [5, 5.41) is 4.39. The molecule has 3 unspecified atom stereocenters. The van der Waals surface area contributed by atoms with Gasteiger partial charge in [0, 0.05) is 12.6 Å². The zero-order chi connectivity index (χ0) is 12.5. The largest absolute Gasteiger partial charge is 0.495 e. The third kappa shape index (κ3) is 2.36. The summed E-state index contributed by atoms with van der Waals surface area (Å²) in [7, 11) is 1.65. The third-order valence-corrected chi connectivity index (χ3v) is 4.82. The Morgan fingerprint density at radius 1 is 1.33 bits per heavy atom. The van der Waals surface area contributed by atoms with Crippen LogP contribution in [0.5, 0.6) is 5.75 Å². The first-order valence-corrected chi connectivity index (χ1v) is 7.20. The Bertz CT molecular complexity index is 435. The molecule has 2 fully saturated rings. The highest BCUT2D eigenvalue weighted by atomic mass is 35.5. The van der Waals surface area contributed by atoms with Gasteiger partial charge in [-0.3, -0.25) is 0 Å². The van der Waals surface area contributed by atoms with Crippen LogP contribution in [0, 0.1) is 11.8 Å². The van der Waals surface area contributed by atoms with Crippen LogP contribution >= 0.6 is 11.6 Å². The van der Waals surface area contributed by atoms with Crippen molar-refractivity contribution >= 4 is 11.6 Å². The molecule has 2 aliphatic carbocycles. The quantitative estimate of drug-likeness (QED) is 0.898. The van der Waals surface area contributed by atoms with Crippen molar-refractivity contribution in [1.29, 1.82) is 0 Å². The molecule has 2 aliphatic rings. The normalized spacial score (nSPS) is 29.8. The lowest BCUT2D eigenvalue weighted by atomic mass is 9.95. The molecule has 1 aromatic carbocycles. The Morgan fingerprint density at radius 2 is 2.22 bits per heavy atom. The van der Waals surface area contributed by atoms with Gasteiger partial charge in [0.2, 0.25) is 0 Å². The van der Waals surface area contributed by atoms with Crippen LogP contribution in [0.1, 0.15) is 31.2 Å². The second-order valence-corrected chi connectivity index (χ2v) is 6.04. The van der Waals surface area contributed by atoms with E-state index in [4.69, 9.17) is 16.3 Å². The monoisotopic (exact) mass is 265 g/mol. The molecule has 2 saturated carbocycles. The molecular weight excluding hydrogens is 246 g/mol. The zero-order valence-corrected chi connectivity index (χ0v) is 11.5. The van der Waals surface area contributed by atoms with Crippen LogP contribution in [-0.4, -0.2) is 13.2 Å². The minimum Gasteiger partial charge on any atom is -0.495 e. The molecule has 2 bridgehead atoms. The predicted octanol–water partition coefficient (Wildman–Crippen LogP) is 3.63. The maximum atomic E-state index is 6.14. The van der Waals surface area contributed by atoms with E-state index in [1.54, 1.807) is 7.11 Å². The van der Waals surface area contributed by atoms with Gasteiger partial charge in [-0.05, 0) is 48.8 Å². The summed E-state index contributed by atoms with van der Waals surface area (Å²) in [5.41, 5.74) is 1.24. The van der Waals surface area contributed by atoms with E-state index in [1.807, 2.05) is 12.1 Å². The van der Waals surface area contributed by atoms with Crippen molar-refractivity contribution in [2.24, 2.45) is 11.8 Å². The van der Waals surface area contributed by atoms with Crippen LogP contribution in [0.15, 0.2) is 18.2 Å². The van der Waals surface area contributed by atoms with Gasteiger partial charge in [-0.2, -0.15) is 0 Å². The Kier molecular flexibility index (Phi) is 3.49. The molecule has 1 N–H and O–H groups in total.